The van der Waals surface area contributed by atoms with Crippen LogP contribution in [0, 0.1) is 11.7 Å². The minimum Gasteiger partial charge on any atom is -0.481 e. The van der Waals surface area contributed by atoms with Crippen molar-refractivity contribution < 1.29 is 22.7 Å². The van der Waals surface area contributed by atoms with Gasteiger partial charge >= 0.3 is 5.97 Å². The van der Waals surface area contributed by atoms with Crippen LogP contribution in [0.15, 0.2) is 29.2 Å². The highest BCUT2D eigenvalue weighted by atomic mass is 32.2. The van der Waals surface area contributed by atoms with Gasteiger partial charge in [0.15, 0.2) is 0 Å². The van der Waals surface area contributed by atoms with Crippen LogP contribution in [0.2, 0.25) is 0 Å². The third kappa shape index (κ3) is 2.16. The first-order chi connectivity index (χ1) is 7.91. The molecule has 17 heavy (non-hydrogen) atoms. The summed E-state index contributed by atoms with van der Waals surface area (Å²) in [7, 11) is -3.68. The Morgan fingerprint density at radius 3 is 2.29 bits per heavy atom. The Morgan fingerprint density at radius 1 is 1.29 bits per heavy atom. The standard InChI is InChI=1S/C10H10FNO4S/c11-8-1-3-9(4-2-8)17(15,16)12-5-7(6-12)10(13)14/h1-4,7H,5-6H2,(H,13,14). The van der Waals surface area contributed by atoms with E-state index in [9.17, 15) is 17.6 Å². The Kier molecular flexibility index (Phi) is 2.88. The van der Waals surface area contributed by atoms with Gasteiger partial charge in [-0.25, -0.2) is 12.8 Å². The van der Waals surface area contributed by atoms with Gasteiger partial charge in [0.1, 0.15) is 5.82 Å². The predicted molar refractivity (Wildman–Crippen MR) is 56.3 cm³/mol. The zero-order valence-electron chi connectivity index (χ0n) is 8.71. The summed E-state index contributed by atoms with van der Waals surface area (Å²) in [4.78, 5) is 10.5. The summed E-state index contributed by atoms with van der Waals surface area (Å²) in [6.45, 7) is -0.0654. The van der Waals surface area contributed by atoms with Crippen molar-refractivity contribution >= 4 is 16.0 Å². The lowest BCUT2D eigenvalue weighted by Crippen LogP contribution is -2.52. The first kappa shape index (κ1) is 12.0. The molecular formula is C10H10FNO4S. The maximum Gasteiger partial charge on any atom is 0.309 e. The fraction of sp³-hybridized carbons (Fsp3) is 0.300. The molecule has 0 saturated carbocycles. The Bertz CT molecular complexity index is 534. The monoisotopic (exact) mass is 259 g/mol. The molecule has 92 valence electrons. The number of aliphatic carboxylic acids is 1. The van der Waals surface area contributed by atoms with Crippen LogP contribution in [-0.2, 0) is 14.8 Å². The van der Waals surface area contributed by atoms with Crippen LogP contribution in [0.3, 0.4) is 0 Å². The van der Waals surface area contributed by atoms with E-state index in [0.717, 1.165) is 16.4 Å². The molecule has 0 spiro atoms. The molecular weight excluding hydrogens is 249 g/mol. The number of halogens is 1. The van der Waals surface area contributed by atoms with Crippen molar-refractivity contribution in [2.75, 3.05) is 13.1 Å². The minimum absolute atomic E-state index is 0.0252. The van der Waals surface area contributed by atoms with E-state index < -0.39 is 27.7 Å². The second-order valence-electron chi connectivity index (χ2n) is 3.81. The van der Waals surface area contributed by atoms with E-state index in [1.165, 1.54) is 12.1 Å². The first-order valence-corrected chi connectivity index (χ1v) is 6.34. The molecule has 1 aliphatic heterocycles. The number of rotatable bonds is 3. The molecule has 1 aromatic carbocycles. The smallest absolute Gasteiger partial charge is 0.309 e. The van der Waals surface area contributed by atoms with Gasteiger partial charge in [-0.3, -0.25) is 4.79 Å². The predicted octanol–water partition coefficient (Wildman–Crippen LogP) is 0.531. The summed E-state index contributed by atoms with van der Waals surface area (Å²) in [6.07, 6.45) is 0. The molecule has 0 radical (unpaired) electrons. The van der Waals surface area contributed by atoms with Gasteiger partial charge in [0.2, 0.25) is 10.0 Å². The van der Waals surface area contributed by atoms with Crippen molar-refractivity contribution in [1.82, 2.24) is 4.31 Å². The fourth-order valence-electron chi connectivity index (χ4n) is 1.55. The second-order valence-corrected chi connectivity index (χ2v) is 5.75. The number of hydrogen-bond donors (Lipinski definition) is 1. The molecule has 0 unspecified atom stereocenters. The third-order valence-electron chi connectivity index (χ3n) is 2.65. The minimum atomic E-state index is -3.68. The molecule has 7 heteroatoms. The molecule has 0 atom stereocenters. The normalized spacial score (nSPS) is 17.7. The summed E-state index contributed by atoms with van der Waals surface area (Å²) in [6, 6.07) is 4.44. The van der Waals surface area contributed by atoms with E-state index >= 15 is 0 Å². The molecule has 0 aromatic heterocycles. The number of carboxylic acids is 1. The lowest BCUT2D eigenvalue weighted by atomic mass is 10.0. The molecule has 2 rings (SSSR count). The lowest BCUT2D eigenvalue weighted by Gasteiger charge is -2.35. The Hall–Kier alpha value is -1.47. The maximum atomic E-state index is 12.7. The van der Waals surface area contributed by atoms with Crippen LogP contribution in [-0.4, -0.2) is 36.9 Å². The molecule has 0 aliphatic carbocycles. The van der Waals surface area contributed by atoms with Gasteiger partial charge in [-0.1, -0.05) is 0 Å². The SMILES string of the molecule is O=C(O)C1CN(S(=O)(=O)c2ccc(F)cc2)C1. The highest BCUT2D eigenvalue weighted by Crippen LogP contribution is 2.25. The van der Waals surface area contributed by atoms with Gasteiger partial charge < -0.3 is 5.11 Å². The molecule has 1 N–H and O–H groups in total. The highest BCUT2D eigenvalue weighted by Gasteiger charge is 2.40. The van der Waals surface area contributed by atoms with Crippen molar-refractivity contribution in [3.05, 3.63) is 30.1 Å². The fourth-order valence-corrected chi connectivity index (χ4v) is 3.08. The Labute approximate surface area is 97.5 Å². The van der Waals surface area contributed by atoms with E-state index in [-0.39, 0.29) is 18.0 Å². The van der Waals surface area contributed by atoms with Crippen LogP contribution >= 0.6 is 0 Å². The van der Waals surface area contributed by atoms with E-state index in [4.69, 9.17) is 5.11 Å². The Balaban J connectivity index is 2.16. The maximum absolute atomic E-state index is 12.7. The van der Waals surface area contributed by atoms with Crippen LogP contribution < -0.4 is 0 Å². The summed E-state index contributed by atoms with van der Waals surface area (Å²) in [5.41, 5.74) is 0. The number of sulfonamides is 1. The first-order valence-electron chi connectivity index (χ1n) is 4.90. The largest absolute Gasteiger partial charge is 0.481 e. The summed E-state index contributed by atoms with van der Waals surface area (Å²) >= 11 is 0. The summed E-state index contributed by atoms with van der Waals surface area (Å²) in [5.74, 6) is -2.17. The van der Waals surface area contributed by atoms with E-state index in [2.05, 4.69) is 0 Å². The van der Waals surface area contributed by atoms with Crippen LogP contribution in [0.5, 0.6) is 0 Å². The molecule has 1 aromatic rings. The molecule has 1 heterocycles. The number of nitrogens with zero attached hydrogens (tertiary/aromatic N) is 1. The van der Waals surface area contributed by atoms with Crippen LogP contribution in [0.25, 0.3) is 0 Å². The van der Waals surface area contributed by atoms with Gasteiger partial charge in [-0.2, -0.15) is 4.31 Å². The van der Waals surface area contributed by atoms with Gasteiger partial charge in [0, 0.05) is 13.1 Å². The summed E-state index contributed by atoms with van der Waals surface area (Å²) < 4.78 is 37.5. The van der Waals surface area contributed by atoms with Crippen molar-refractivity contribution in [1.29, 1.82) is 0 Å². The molecule has 1 aliphatic rings. The molecule has 1 saturated heterocycles. The van der Waals surface area contributed by atoms with E-state index in [1.807, 2.05) is 0 Å². The van der Waals surface area contributed by atoms with Crippen molar-refractivity contribution in [3.8, 4) is 0 Å². The third-order valence-corrected chi connectivity index (χ3v) is 4.49. The highest BCUT2D eigenvalue weighted by molar-refractivity contribution is 7.89. The quantitative estimate of drug-likeness (QED) is 0.859. The van der Waals surface area contributed by atoms with Crippen molar-refractivity contribution in [2.24, 2.45) is 5.92 Å². The Morgan fingerprint density at radius 2 is 1.82 bits per heavy atom. The number of carboxylic acid groups (broad SMARTS) is 1. The summed E-state index contributed by atoms with van der Waals surface area (Å²) in [5, 5.41) is 8.65. The number of benzene rings is 1. The average Bonchev–Trinajstić information content (AvgIpc) is 2.14. The van der Waals surface area contributed by atoms with Gasteiger partial charge in [-0.15, -0.1) is 0 Å². The topological polar surface area (TPSA) is 74.7 Å². The molecule has 0 bridgehead atoms. The number of hydrogen-bond acceptors (Lipinski definition) is 3. The van der Waals surface area contributed by atoms with Gasteiger partial charge in [-0.05, 0) is 24.3 Å². The average molecular weight is 259 g/mol. The van der Waals surface area contributed by atoms with Crippen LogP contribution in [0.4, 0.5) is 4.39 Å². The zero-order chi connectivity index (χ0) is 12.6. The van der Waals surface area contributed by atoms with E-state index in [1.54, 1.807) is 0 Å². The molecule has 5 nitrogen and oxygen atoms in total. The molecule has 0 amide bonds. The number of carbonyl (C=O) groups is 1. The second kappa shape index (κ2) is 4.08. The molecule has 1 fully saturated rings. The lowest BCUT2D eigenvalue weighted by molar-refractivity contribution is -0.145. The van der Waals surface area contributed by atoms with Gasteiger partial charge in [0.05, 0.1) is 10.8 Å². The van der Waals surface area contributed by atoms with Gasteiger partial charge in [0.25, 0.3) is 0 Å². The van der Waals surface area contributed by atoms with Crippen LogP contribution in [0.1, 0.15) is 0 Å². The van der Waals surface area contributed by atoms with Crippen molar-refractivity contribution in [2.45, 2.75) is 4.90 Å². The van der Waals surface area contributed by atoms with Crippen molar-refractivity contribution in [3.63, 3.8) is 0 Å². The van der Waals surface area contributed by atoms with E-state index in [0.29, 0.717) is 0 Å². The zero-order valence-corrected chi connectivity index (χ0v) is 9.52.